The van der Waals surface area contributed by atoms with Gasteiger partial charge in [0, 0.05) is 62.9 Å². The van der Waals surface area contributed by atoms with E-state index in [2.05, 4.69) is 9.80 Å². The van der Waals surface area contributed by atoms with E-state index in [-0.39, 0.29) is 30.2 Å². The Labute approximate surface area is 217 Å². The average Bonchev–Trinajstić information content (AvgIpc) is 3.75. The van der Waals surface area contributed by atoms with E-state index in [4.69, 9.17) is 28.4 Å². The molecule has 0 aliphatic carbocycles. The van der Waals surface area contributed by atoms with Gasteiger partial charge in [0.1, 0.15) is 0 Å². The number of methoxy groups -OCH3 is 2. The predicted octanol–water partition coefficient (Wildman–Crippen LogP) is 2.22. The van der Waals surface area contributed by atoms with Crippen molar-refractivity contribution in [3.8, 4) is 0 Å². The monoisotopic (exact) mass is 510 g/mol. The second-order valence-electron chi connectivity index (χ2n) is 10.1. The molecule has 37 heavy (non-hydrogen) atoms. The van der Waals surface area contributed by atoms with E-state index in [9.17, 15) is 4.79 Å². The van der Waals surface area contributed by atoms with Crippen LogP contribution in [-0.2, 0) is 34.2 Å². The predicted molar refractivity (Wildman–Crippen MR) is 136 cm³/mol. The lowest BCUT2D eigenvalue weighted by Gasteiger charge is -2.31. The van der Waals surface area contributed by atoms with E-state index in [1.165, 1.54) is 14.2 Å². The minimum absolute atomic E-state index is 0.256. The molecule has 0 aromatic heterocycles. The second-order valence-corrected chi connectivity index (χ2v) is 10.1. The summed E-state index contributed by atoms with van der Waals surface area (Å²) >= 11 is 0. The van der Waals surface area contributed by atoms with Crippen LogP contribution in [0.5, 0.6) is 0 Å². The van der Waals surface area contributed by atoms with Crippen LogP contribution in [-0.4, -0.2) is 97.0 Å². The lowest BCUT2D eigenvalue weighted by Crippen LogP contribution is -2.40. The number of rotatable bonds is 15. The van der Waals surface area contributed by atoms with E-state index >= 15 is 0 Å². The molecule has 0 saturated carbocycles. The summed E-state index contributed by atoms with van der Waals surface area (Å²) in [5, 5.41) is 0. The van der Waals surface area contributed by atoms with Gasteiger partial charge < -0.3 is 38.2 Å². The van der Waals surface area contributed by atoms with Crippen molar-refractivity contribution in [2.45, 2.75) is 30.2 Å². The Balaban J connectivity index is 1.20. The summed E-state index contributed by atoms with van der Waals surface area (Å²) in [6.07, 6.45) is 1.07. The van der Waals surface area contributed by atoms with Crippen LogP contribution in [0.1, 0.15) is 15.9 Å². The smallest absolute Gasteiger partial charge is 0.260 e. The molecule has 4 aliphatic heterocycles. The van der Waals surface area contributed by atoms with Crippen molar-refractivity contribution < 1.29 is 33.2 Å². The normalized spacial score (nSPS) is 25.5. The van der Waals surface area contributed by atoms with E-state index in [1.54, 1.807) is 0 Å². The number of nitrogens with zero attached hydrogens (tertiary/aromatic N) is 2. The van der Waals surface area contributed by atoms with Crippen LogP contribution in [0.2, 0.25) is 0 Å². The molecule has 2 aromatic rings. The Hall–Kier alpha value is -2.53. The molecule has 4 fully saturated rings. The van der Waals surface area contributed by atoms with Crippen molar-refractivity contribution in [3.63, 3.8) is 0 Å². The number of epoxide rings is 4. The summed E-state index contributed by atoms with van der Waals surface area (Å²) in [6, 6.07) is 15.4. The van der Waals surface area contributed by atoms with Crippen molar-refractivity contribution in [1.29, 1.82) is 0 Å². The molecule has 4 atom stereocenters. The average molecular weight is 511 g/mol. The maximum Gasteiger partial charge on any atom is 0.260 e. The minimum Gasteiger partial charge on any atom is -0.371 e. The first kappa shape index (κ1) is 24.8. The summed E-state index contributed by atoms with van der Waals surface area (Å²) in [6.45, 7) is 6.45. The maximum absolute atomic E-state index is 13.8. The molecule has 6 rings (SSSR count). The zero-order valence-corrected chi connectivity index (χ0v) is 21.3. The molecule has 4 unspecified atom stereocenters. The van der Waals surface area contributed by atoms with Crippen molar-refractivity contribution in [2.75, 3.05) is 76.6 Å². The molecule has 4 heterocycles. The van der Waals surface area contributed by atoms with Crippen LogP contribution < -0.4 is 9.80 Å². The second kappa shape index (κ2) is 10.3. The fraction of sp³-hybridized carbons (Fsp3) is 0.536. The van der Waals surface area contributed by atoms with Gasteiger partial charge in [-0.2, -0.15) is 0 Å². The third-order valence-electron chi connectivity index (χ3n) is 7.29. The zero-order chi connectivity index (χ0) is 25.4. The van der Waals surface area contributed by atoms with Crippen LogP contribution in [0.3, 0.4) is 0 Å². The molecular weight excluding hydrogens is 476 g/mol. The van der Waals surface area contributed by atoms with Gasteiger partial charge in [0.25, 0.3) is 5.79 Å². The molecule has 0 amide bonds. The van der Waals surface area contributed by atoms with Crippen molar-refractivity contribution >= 4 is 17.2 Å². The van der Waals surface area contributed by atoms with E-state index in [0.717, 1.165) is 64.0 Å². The Bertz CT molecular complexity index is 1040. The minimum atomic E-state index is -1.55. The summed E-state index contributed by atoms with van der Waals surface area (Å²) in [4.78, 5) is 18.3. The Morgan fingerprint density at radius 3 is 1.38 bits per heavy atom. The van der Waals surface area contributed by atoms with Gasteiger partial charge >= 0.3 is 0 Å². The summed E-state index contributed by atoms with van der Waals surface area (Å²) in [5.41, 5.74) is 3.23. The molecule has 0 N–H and O–H groups in total. The lowest BCUT2D eigenvalue weighted by molar-refractivity contribution is -0.176. The number of hydrogen-bond acceptors (Lipinski definition) is 9. The number of hydrogen-bond donors (Lipinski definition) is 0. The molecule has 4 aliphatic rings. The van der Waals surface area contributed by atoms with Gasteiger partial charge in [-0.05, 0) is 36.4 Å². The molecule has 2 aromatic carbocycles. The maximum atomic E-state index is 13.8. The van der Waals surface area contributed by atoms with Gasteiger partial charge in [0.15, 0.2) is 0 Å². The number of ketones is 1. The van der Waals surface area contributed by atoms with E-state index in [0.29, 0.717) is 11.1 Å². The quantitative estimate of drug-likeness (QED) is 0.203. The fourth-order valence-electron chi connectivity index (χ4n) is 4.79. The van der Waals surface area contributed by atoms with Gasteiger partial charge in [-0.3, -0.25) is 4.79 Å². The van der Waals surface area contributed by atoms with Crippen LogP contribution in [0.15, 0.2) is 48.5 Å². The third kappa shape index (κ3) is 5.82. The third-order valence-corrected chi connectivity index (χ3v) is 7.29. The molecular formula is C28H34N2O7. The van der Waals surface area contributed by atoms with Gasteiger partial charge in [0.2, 0.25) is 5.78 Å². The number of ether oxygens (including phenoxy) is 6. The lowest BCUT2D eigenvalue weighted by atomic mass is 9.95. The molecule has 9 nitrogen and oxygen atoms in total. The van der Waals surface area contributed by atoms with Crippen LogP contribution in [0.4, 0.5) is 11.4 Å². The number of anilines is 2. The first-order chi connectivity index (χ1) is 18.1. The molecule has 0 radical (unpaired) electrons. The van der Waals surface area contributed by atoms with Gasteiger partial charge in [0.05, 0.1) is 50.8 Å². The van der Waals surface area contributed by atoms with Gasteiger partial charge in [-0.1, -0.05) is 12.1 Å². The molecule has 198 valence electrons. The van der Waals surface area contributed by atoms with E-state index in [1.807, 2.05) is 48.5 Å². The Morgan fingerprint density at radius 2 is 1.05 bits per heavy atom. The highest BCUT2D eigenvalue weighted by atomic mass is 16.7. The highest BCUT2D eigenvalue weighted by molar-refractivity contribution is 6.02. The number of Topliss-reactive ketones (excluding diaryl/α,β-unsaturated/α-hetero) is 1. The first-order valence-electron chi connectivity index (χ1n) is 12.9. The highest BCUT2D eigenvalue weighted by Crippen LogP contribution is 2.33. The molecule has 4 saturated heterocycles. The number of benzene rings is 2. The Kier molecular flexibility index (Phi) is 6.91. The van der Waals surface area contributed by atoms with Crippen LogP contribution in [0.25, 0.3) is 0 Å². The van der Waals surface area contributed by atoms with Gasteiger partial charge in [-0.25, -0.2) is 0 Å². The van der Waals surface area contributed by atoms with Crippen molar-refractivity contribution in [1.82, 2.24) is 0 Å². The molecule has 0 spiro atoms. The van der Waals surface area contributed by atoms with Crippen molar-refractivity contribution in [3.05, 3.63) is 59.7 Å². The molecule has 0 bridgehead atoms. The summed E-state index contributed by atoms with van der Waals surface area (Å²) < 4.78 is 33.3. The number of carbonyl (C=O) groups excluding carboxylic acids is 1. The van der Waals surface area contributed by atoms with Crippen LogP contribution >= 0.6 is 0 Å². The largest absolute Gasteiger partial charge is 0.371 e. The summed E-state index contributed by atoms with van der Waals surface area (Å²) in [7, 11) is 3.00. The SMILES string of the molecule is COC(OC)(C(=O)c1ccc(N(CC2CO2)CC2CO2)cc1)c1ccc(N(CC2CO2)CC2CO2)cc1. The topological polar surface area (TPSA) is 92.1 Å². The zero-order valence-electron chi connectivity index (χ0n) is 21.3. The fourth-order valence-corrected chi connectivity index (χ4v) is 4.79. The standard InChI is InChI=1S/C28H34N2O7/c1-32-28(33-2,20-5-9-22(10-6-20)30(13-25-17-36-25)14-26-18-37-26)27(31)19-3-7-21(8-4-19)29(11-23-15-34-23)12-24-16-35-24/h3-10,23-26H,11-18H2,1-2H3. The first-order valence-corrected chi connectivity index (χ1v) is 12.9. The Morgan fingerprint density at radius 1 is 0.703 bits per heavy atom. The number of carbonyl (C=O) groups is 1. The summed E-state index contributed by atoms with van der Waals surface area (Å²) in [5.74, 6) is -1.80. The highest BCUT2D eigenvalue weighted by Gasteiger charge is 2.42. The molecule has 9 heteroatoms. The van der Waals surface area contributed by atoms with E-state index < -0.39 is 5.79 Å². The van der Waals surface area contributed by atoms with Crippen LogP contribution in [0, 0.1) is 0 Å². The van der Waals surface area contributed by atoms with Gasteiger partial charge in [-0.15, -0.1) is 0 Å². The van der Waals surface area contributed by atoms with Crippen molar-refractivity contribution in [2.24, 2.45) is 0 Å².